The third-order valence-electron chi connectivity index (χ3n) is 4.44. The van der Waals surface area contributed by atoms with Gasteiger partial charge in [-0.1, -0.05) is 37.3 Å². The minimum atomic E-state index is -0.371. The molecule has 0 aliphatic carbocycles. The molecule has 1 N–H and O–H groups in total. The van der Waals surface area contributed by atoms with Crippen LogP contribution in [-0.2, 0) is 9.59 Å². The smallest absolute Gasteiger partial charge is 0.282 e. The van der Waals surface area contributed by atoms with E-state index in [4.69, 9.17) is 4.74 Å². The number of imide groups is 1. The lowest BCUT2D eigenvalue weighted by Crippen LogP contribution is -2.32. The molecule has 0 saturated carbocycles. The Bertz CT molecular complexity index is 1060. The molecule has 0 saturated heterocycles. The molecular formula is C23H20N2O3S. The zero-order valence-electron chi connectivity index (χ0n) is 15.9. The highest BCUT2D eigenvalue weighted by molar-refractivity contribution is 7.11. The van der Waals surface area contributed by atoms with Gasteiger partial charge >= 0.3 is 0 Å². The van der Waals surface area contributed by atoms with Crippen molar-refractivity contribution in [1.29, 1.82) is 0 Å². The van der Waals surface area contributed by atoms with E-state index in [1.807, 2.05) is 54.8 Å². The second-order valence-corrected chi connectivity index (χ2v) is 7.46. The Hall–Kier alpha value is -3.38. The third-order valence-corrected chi connectivity index (χ3v) is 5.33. The molecule has 2 amide bonds. The highest BCUT2D eigenvalue weighted by Crippen LogP contribution is 2.35. The fraction of sp³-hybridized carbons (Fsp3) is 0.130. The first-order valence-electron chi connectivity index (χ1n) is 9.41. The molecule has 1 aromatic heterocycles. The molecule has 0 radical (unpaired) electrons. The van der Waals surface area contributed by atoms with E-state index >= 15 is 0 Å². The Balaban J connectivity index is 1.72. The maximum absolute atomic E-state index is 13.2. The van der Waals surface area contributed by atoms with E-state index in [9.17, 15) is 9.59 Å². The predicted molar refractivity (Wildman–Crippen MR) is 116 cm³/mol. The van der Waals surface area contributed by atoms with Gasteiger partial charge in [0.2, 0.25) is 0 Å². The summed E-state index contributed by atoms with van der Waals surface area (Å²) >= 11 is 1.43. The molecule has 29 heavy (non-hydrogen) atoms. The highest BCUT2D eigenvalue weighted by atomic mass is 32.1. The minimum Gasteiger partial charge on any atom is -0.494 e. The molecule has 3 aromatic rings. The average Bonchev–Trinajstić information content (AvgIpc) is 3.34. The number of hydrogen-bond acceptors (Lipinski definition) is 5. The quantitative estimate of drug-likeness (QED) is 0.567. The van der Waals surface area contributed by atoms with Crippen molar-refractivity contribution in [1.82, 2.24) is 0 Å². The van der Waals surface area contributed by atoms with Gasteiger partial charge in [0.15, 0.2) is 0 Å². The molecule has 0 fully saturated rings. The van der Waals surface area contributed by atoms with Gasteiger partial charge in [0, 0.05) is 16.6 Å². The molecule has 5 nitrogen and oxygen atoms in total. The fourth-order valence-electron chi connectivity index (χ4n) is 3.13. The summed E-state index contributed by atoms with van der Waals surface area (Å²) in [5.74, 6) is 0.0147. The van der Waals surface area contributed by atoms with Crippen molar-refractivity contribution in [3.8, 4) is 5.75 Å². The lowest BCUT2D eigenvalue weighted by Gasteiger charge is -2.15. The predicted octanol–water partition coefficient (Wildman–Crippen LogP) is 4.93. The number of rotatable bonds is 7. The topological polar surface area (TPSA) is 58.6 Å². The molecule has 4 rings (SSSR count). The molecule has 0 bridgehead atoms. The van der Waals surface area contributed by atoms with Crippen LogP contribution in [0.1, 0.15) is 18.2 Å². The molecule has 1 aliphatic heterocycles. The number of para-hydroxylation sites is 1. The lowest BCUT2D eigenvalue weighted by molar-refractivity contribution is -0.120. The molecule has 2 aromatic carbocycles. The highest BCUT2D eigenvalue weighted by Gasteiger charge is 2.40. The Kier molecular flexibility index (Phi) is 5.44. The average molecular weight is 404 g/mol. The van der Waals surface area contributed by atoms with Crippen LogP contribution in [0.4, 0.5) is 11.4 Å². The number of hydrogen-bond donors (Lipinski definition) is 1. The van der Waals surface area contributed by atoms with Gasteiger partial charge in [-0.25, -0.2) is 4.90 Å². The van der Waals surface area contributed by atoms with E-state index in [0.29, 0.717) is 29.3 Å². The van der Waals surface area contributed by atoms with Crippen LogP contribution >= 0.6 is 11.3 Å². The molecule has 146 valence electrons. The summed E-state index contributed by atoms with van der Waals surface area (Å²) in [6.45, 7) is 2.66. The van der Waals surface area contributed by atoms with Crippen LogP contribution in [0, 0.1) is 0 Å². The molecule has 0 spiro atoms. The Labute approximate surface area is 173 Å². The summed E-state index contributed by atoms with van der Waals surface area (Å²) < 4.78 is 5.68. The third kappa shape index (κ3) is 3.79. The number of anilines is 2. The zero-order chi connectivity index (χ0) is 20.2. The number of benzene rings is 2. The van der Waals surface area contributed by atoms with Gasteiger partial charge in [-0.3, -0.25) is 9.59 Å². The van der Waals surface area contributed by atoms with Crippen LogP contribution in [0.25, 0.3) is 5.57 Å². The van der Waals surface area contributed by atoms with Crippen LogP contribution in [0.5, 0.6) is 5.75 Å². The summed E-state index contributed by atoms with van der Waals surface area (Å²) in [5, 5.41) is 5.06. The fourth-order valence-corrected chi connectivity index (χ4v) is 3.90. The van der Waals surface area contributed by atoms with Crippen molar-refractivity contribution >= 4 is 40.1 Å². The zero-order valence-corrected chi connectivity index (χ0v) is 16.7. The summed E-state index contributed by atoms with van der Waals surface area (Å²) in [6, 6.07) is 20.1. The molecule has 0 atom stereocenters. The maximum Gasteiger partial charge on any atom is 0.282 e. The Morgan fingerprint density at radius 3 is 2.52 bits per heavy atom. The first kappa shape index (κ1) is 19.0. The monoisotopic (exact) mass is 404 g/mol. The number of carbonyl (C=O) groups excluding carboxylic acids is 2. The molecular weight excluding hydrogens is 384 g/mol. The van der Waals surface area contributed by atoms with Crippen LogP contribution in [0.3, 0.4) is 0 Å². The number of carbonyl (C=O) groups is 2. The van der Waals surface area contributed by atoms with E-state index < -0.39 is 0 Å². The van der Waals surface area contributed by atoms with Crippen molar-refractivity contribution in [3.05, 3.63) is 82.7 Å². The van der Waals surface area contributed by atoms with Gasteiger partial charge in [0.05, 0.1) is 17.9 Å². The van der Waals surface area contributed by atoms with Gasteiger partial charge in [0.1, 0.15) is 11.4 Å². The summed E-state index contributed by atoms with van der Waals surface area (Å²) in [6.07, 6.45) is 0.907. The van der Waals surface area contributed by atoms with Gasteiger partial charge in [-0.2, -0.15) is 0 Å². The second-order valence-electron chi connectivity index (χ2n) is 6.51. The number of ether oxygens (including phenoxy) is 1. The normalized spacial score (nSPS) is 13.9. The van der Waals surface area contributed by atoms with E-state index in [1.165, 1.54) is 16.2 Å². The van der Waals surface area contributed by atoms with E-state index in [2.05, 4.69) is 5.32 Å². The largest absolute Gasteiger partial charge is 0.494 e. The summed E-state index contributed by atoms with van der Waals surface area (Å²) in [7, 11) is 0. The number of nitrogens with one attached hydrogen (secondary N) is 1. The van der Waals surface area contributed by atoms with E-state index in [-0.39, 0.29) is 17.5 Å². The minimum absolute atomic E-state index is 0.272. The van der Waals surface area contributed by atoms with Crippen molar-refractivity contribution in [2.45, 2.75) is 13.3 Å². The number of nitrogens with zero attached hydrogens (tertiary/aromatic N) is 1. The van der Waals surface area contributed by atoms with Gasteiger partial charge in [-0.05, 0) is 42.1 Å². The maximum atomic E-state index is 13.2. The second kappa shape index (κ2) is 8.32. The van der Waals surface area contributed by atoms with Gasteiger partial charge in [-0.15, -0.1) is 11.3 Å². The van der Waals surface area contributed by atoms with Crippen molar-refractivity contribution in [2.24, 2.45) is 0 Å². The molecule has 2 heterocycles. The first-order chi connectivity index (χ1) is 14.2. The van der Waals surface area contributed by atoms with Gasteiger partial charge < -0.3 is 10.1 Å². The SMILES string of the molecule is CCCOc1cccc(NC2=C(c3cccs3)C(=O)N(c3ccccc3)C2=O)c1. The number of thiophene rings is 1. The first-order valence-corrected chi connectivity index (χ1v) is 10.3. The van der Waals surface area contributed by atoms with Crippen LogP contribution in [-0.4, -0.2) is 18.4 Å². The number of amides is 2. The standard InChI is InChI=1S/C23H20N2O3S/c1-2-13-28-18-11-6-8-16(15-18)24-21-20(19-12-7-14-29-19)22(26)25(23(21)27)17-9-4-3-5-10-17/h3-12,14-15,24H,2,13H2,1H3. The molecule has 0 unspecified atom stereocenters. The Morgan fingerprint density at radius 1 is 0.966 bits per heavy atom. The van der Waals surface area contributed by atoms with Crippen molar-refractivity contribution in [2.75, 3.05) is 16.8 Å². The van der Waals surface area contributed by atoms with Gasteiger partial charge in [0.25, 0.3) is 11.8 Å². The summed E-state index contributed by atoms with van der Waals surface area (Å²) in [4.78, 5) is 28.4. The Morgan fingerprint density at radius 2 is 1.79 bits per heavy atom. The van der Waals surface area contributed by atoms with Crippen molar-refractivity contribution < 1.29 is 14.3 Å². The van der Waals surface area contributed by atoms with Crippen molar-refractivity contribution in [3.63, 3.8) is 0 Å². The lowest BCUT2D eigenvalue weighted by atomic mass is 10.2. The van der Waals surface area contributed by atoms with Crippen LogP contribution < -0.4 is 15.0 Å². The van der Waals surface area contributed by atoms with Crippen LogP contribution in [0.15, 0.2) is 77.8 Å². The van der Waals surface area contributed by atoms with Crippen LogP contribution in [0.2, 0.25) is 0 Å². The van der Waals surface area contributed by atoms with E-state index in [1.54, 1.807) is 24.3 Å². The summed E-state index contributed by atoms with van der Waals surface area (Å²) in [5.41, 5.74) is 1.90. The molecule has 6 heteroatoms. The molecule has 1 aliphatic rings. The van der Waals surface area contributed by atoms with E-state index in [0.717, 1.165) is 11.3 Å².